The largest absolute Gasteiger partial charge is 0.486 e. The summed E-state index contributed by atoms with van der Waals surface area (Å²) in [6.07, 6.45) is 1.95. The lowest BCUT2D eigenvalue weighted by Gasteiger charge is -2.01. The maximum Gasteiger partial charge on any atom is 0.199 e. The third kappa shape index (κ3) is 1.91. The Morgan fingerprint density at radius 1 is 1.11 bits per heavy atom. The van der Waals surface area contributed by atoms with E-state index in [9.17, 15) is 0 Å². The summed E-state index contributed by atoms with van der Waals surface area (Å²) in [5.41, 5.74) is 3.05. The molecule has 3 nitrogen and oxygen atoms in total. The zero-order valence-electron chi connectivity index (χ0n) is 9.91. The van der Waals surface area contributed by atoms with E-state index in [1.165, 1.54) is 0 Å². The third-order valence-corrected chi connectivity index (χ3v) is 3.56. The Balaban J connectivity index is 2.00. The van der Waals surface area contributed by atoms with Crippen molar-refractivity contribution < 1.29 is 4.74 Å². The second-order valence-electron chi connectivity index (χ2n) is 3.81. The molecular weight excluding hydrogens is 244 g/mol. The van der Waals surface area contributed by atoms with Gasteiger partial charge in [0, 0.05) is 11.8 Å². The Morgan fingerprint density at radius 2 is 1.94 bits per heavy atom. The van der Waals surface area contributed by atoms with Crippen molar-refractivity contribution in [3.05, 3.63) is 54.0 Å². The first-order valence-electron chi connectivity index (χ1n) is 5.61. The molecule has 0 N–H and O–H groups in total. The minimum Gasteiger partial charge on any atom is -0.486 e. The zero-order valence-corrected chi connectivity index (χ0v) is 10.7. The van der Waals surface area contributed by atoms with Gasteiger partial charge in [-0.2, -0.15) is 5.10 Å². The van der Waals surface area contributed by atoms with Crippen molar-refractivity contribution in [1.29, 1.82) is 0 Å². The number of rotatable bonds is 3. The van der Waals surface area contributed by atoms with Crippen LogP contribution in [-0.2, 0) is 0 Å². The van der Waals surface area contributed by atoms with Crippen LogP contribution in [0.3, 0.4) is 0 Å². The van der Waals surface area contributed by atoms with Gasteiger partial charge in [-0.05, 0) is 17.5 Å². The molecule has 0 aliphatic carbocycles. The number of ether oxygens (including phenoxy) is 1. The molecule has 0 aliphatic rings. The van der Waals surface area contributed by atoms with Crippen LogP contribution in [0.15, 0.2) is 54.0 Å². The second-order valence-corrected chi connectivity index (χ2v) is 4.69. The zero-order chi connectivity index (χ0) is 12.4. The van der Waals surface area contributed by atoms with E-state index in [4.69, 9.17) is 4.74 Å². The van der Waals surface area contributed by atoms with Gasteiger partial charge in [0.05, 0.1) is 12.8 Å². The van der Waals surface area contributed by atoms with E-state index in [1.54, 1.807) is 18.4 Å². The number of methoxy groups -OCH3 is 1. The fraction of sp³-hybridized carbons (Fsp3) is 0.0714. The molecule has 2 heterocycles. The van der Waals surface area contributed by atoms with Crippen molar-refractivity contribution in [2.75, 3.05) is 7.11 Å². The molecule has 18 heavy (non-hydrogen) atoms. The van der Waals surface area contributed by atoms with Gasteiger partial charge in [0.15, 0.2) is 5.06 Å². The van der Waals surface area contributed by atoms with Crippen molar-refractivity contribution in [2.24, 2.45) is 0 Å². The highest BCUT2D eigenvalue weighted by Crippen LogP contribution is 2.29. The number of thiophene rings is 1. The van der Waals surface area contributed by atoms with E-state index in [0.29, 0.717) is 0 Å². The predicted molar refractivity (Wildman–Crippen MR) is 73.4 cm³/mol. The molecule has 3 rings (SSSR count). The Hall–Kier alpha value is -2.07. The lowest BCUT2D eigenvalue weighted by Crippen LogP contribution is -1.95. The van der Waals surface area contributed by atoms with E-state index < -0.39 is 0 Å². The number of nitrogens with zero attached hydrogens (tertiary/aromatic N) is 2. The van der Waals surface area contributed by atoms with Gasteiger partial charge in [-0.3, -0.25) is 0 Å². The molecule has 3 aromatic rings. The first kappa shape index (κ1) is 11.0. The van der Waals surface area contributed by atoms with Crippen LogP contribution in [0.5, 0.6) is 5.06 Å². The van der Waals surface area contributed by atoms with Crippen molar-refractivity contribution in [2.45, 2.75) is 0 Å². The van der Waals surface area contributed by atoms with Gasteiger partial charge in [0.1, 0.15) is 5.69 Å². The van der Waals surface area contributed by atoms with Crippen LogP contribution in [0.2, 0.25) is 0 Å². The minimum atomic E-state index is 0.873. The molecule has 4 heteroatoms. The second kappa shape index (κ2) is 4.66. The van der Waals surface area contributed by atoms with Gasteiger partial charge in [0.2, 0.25) is 0 Å². The van der Waals surface area contributed by atoms with Crippen molar-refractivity contribution >= 4 is 11.3 Å². The summed E-state index contributed by atoms with van der Waals surface area (Å²) < 4.78 is 7.16. The summed E-state index contributed by atoms with van der Waals surface area (Å²) in [6, 6.07) is 14.1. The molecule has 1 aromatic carbocycles. The van der Waals surface area contributed by atoms with E-state index in [-0.39, 0.29) is 0 Å². The average molecular weight is 256 g/mol. The van der Waals surface area contributed by atoms with Crippen LogP contribution in [-0.4, -0.2) is 16.9 Å². The summed E-state index contributed by atoms with van der Waals surface area (Å²) >= 11 is 1.57. The summed E-state index contributed by atoms with van der Waals surface area (Å²) in [5.74, 6) is 0. The van der Waals surface area contributed by atoms with Gasteiger partial charge in [-0.1, -0.05) is 30.3 Å². The first-order valence-corrected chi connectivity index (χ1v) is 6.49. The molecule has 0 radical (unpaired) electrons. The van der Waals surface area contributed by atoms with E-state index in [2.05, 4.69) is 17.2 Å². The normalized spacial score (nSPS) is 10.5. The molecule has 0 saturated heterocycles. The summed E-state index contributed by atoms with van der Waals surface area (Å²) in [6.45, 7) is 0. The lowest BCUT2D eigenvalue weighted by atomic mass is 10.2. The highest BCUT2D eigenvalue weighted by molar-refractivity contribution is 7.12. The van der Waals surface area contributed by atoms with Crippen LogP contribution in [0, 0.1) is 0 Å². The van der Waals surface area contributed by atoms with Crippen LogP contribution in [0.1, 0.15) is 0 Å². The van der Waals surface area contributed by atoms with Gasteiger partial charge in [-0.15, -0.1) is 11.3 Å². The Morgan fingerprint density at radius 3 is 2.72 bits per heavy atom. The highest BCUT2D eigenvalue weighted by atomic mass is 32.1. The fourth-order valence-electron chi connectivity index (χ4n) is 1.83. The van der Waals surface area contributed by atoms with Gasteiger partial charge >= 0.3 is 0 Å². The lowest BCUT2D eigenvalue weighted by molar-refractivity contribution is 0.424. The monoisotopic (exact) mass is 256 g/mol. The Bertz CT molecular complexity index is 643. The number of hydrogen-bond acceptors (Lipinski definition) is 3. The standard InChI is InChI=1S/C14H12N2OS/c1-17-14-13(8-10-18-14)16-9-7-12(15-16)11-5-3-2-4-6-11/h2-10H,1H3. The smallest absolute Gasteiger partial charge is 0.199 e. The fourth-order valence-corrected chi connectivity index (χ4v) is 2.53. The Kier molecular flexibility index (Phi) is 2.86. The third-order valence-electron chi connectivity index (χ3n) is 2.70. The molecule has 0 saturated carbocycles. The Labute approximate surface area is 109 Å². The van der Waals surface area contributed by atoms with Crippen molar-refractivity contribution in [1.82, 2.24) is 9.78 Å². The van der Waals surface area contributed by atoms with E-state index >= 15 is 0 Å². The molecule has 0 aliphatic heterocycles. The molecule has 0 atom stereocenters. The SMILES string of the molecule is COc1sccc1-n1ccc(-c2ccccc2)n1. The maximum absolute atomic E-state index is 5.31. The maximum atomic E-state index is 5.31. The van der Waals surface area contributed by atoms with Crippen LogP contribution in [0.25, 0.3) is 16.9 Å². The van der Waals surface area contributed by atoms with Crippen molar-refractivity contribution in [3.63, 3.8) is 0 Å². The quantitative estimate of drug-likeness (QED) is 0.715. The van der Waals surface area contributed by atoms with E-state index in [1.807, 2.05) is 46.6 Å². The first-order chi connectivity index (χ1) is 8.88. The number of aromatic nitrogens is 2. The molecule has 2 aromatic heterocycles. The number of benzene rings is 1. The topological polar surface area (TPSA) is 27.1 Å². The summed E-state index contributed by atoms with van der Waals surface area (Å²) in [5, 5.41) is 7.45. The summed E-state index contributed by atoms with van der Waals surface area (Å²) in [4.78, 5) is 0. The average Bonchev–Trinajstić information content (AvgIpc) is 3.08. The molecule has 0 bridgehead atoms. The summed E-state index contributed by atoms with van der Waals surface area (Å²) in [7, 11) is 1.68. The minimum absolute atomic E-state index is 0.873. The number of hydrogen-bond donors (Lipinski definition) is 0. The molecule has 0 spiro atoms. The molecule has 0 amide bonds. The van der Waals surface area contributed by atoms with Crippen LogP contribution < -0.4 is 4.74 Å². The van der Waals surface area contributed by atoms with Gasteiger partial charge in [0.25, 0.3) is 0 Å². The molecule has 90 valence electrons. The highest BCUT2D eigenvalue weighted by Gasteiger charge is 2.09. The molecule has 0 unspecified atom stereocenters. The van der Waals surface area contributed by atoms with Crippen LogP contribution >= 0.6 is 11.3 Å². The van der Waals surface area contributed by atoms with Crippen molar-refractivity contribution in [3.8, 4) is 22.0 Å². The molecule has 0 fully saturated rings. The predicted octanol–water partition coefficient (Wildman–Crippen LogP) is 3.61. The van der Waals surface area contributed by atoms with Gasteiger partial charge in [-0.25, -0.2) is 4.68 Å². The van der Waals surface area contributed by atoms with Crippen LogP contribution in [0.4, 0.5) is 0 Å². The molecular formula is C14H12N2OS. The van der Waals surface area contributed by atoms with E-state index in [0.717, 1.165) is 22.0 Å². The van der Waals surface area contributed by atoms with Gasteiger partial charge < -0.3 is 4.74 Å².